The highest BCUT2D eigenvalue weighted by atomic mass is 16.5. The molecule has 4 nitrogen and oxygen atoms in total. The third kappa shape index (κ3) is 4.08. The van der Waals surface area contributed by atoms with E-state index in [1.807, 2.05) is 42.6 Å². The van der Waals surface area contributed by atoms with Crippen LogP contribution >= 0.6 is 0 Å². The second-order valence-electron chi connectivity index (χ2n) is 8.56. The summed E-state index contributed by atoms with van der Waals surface area (Å²) >= 11 is 0. The average molecular weight is 394 g/mol. The summed E-state index contributed by atoms with van der Waals surface area (Å²) in [5.74, 6) is 0.792. The molecule has 0 radical (unpaired) electrons. The summed E-state index contributed by atoms with van der Waals surface area (Å²) in [5.41, 5.74) is 3.65. The first-order valence-corrected chi connectivity index (χ1v) is 10.3. The maximum Gasteiger partial charge on any atom is 0.258 e. The van der Waals surface area contributed by atoms with Crippen LogP contribution in [0.5, 0.6) is 5.75 Å². The van der Waals surface area contributed by atoms with Gasteiger partial charge in [0, 0.05) is 23.7 Å². The first-order chi connectivity index (χ1) is 13.8. The van der Waals surface area contributed by atoms with Crippen molar-refractivity contribution in [2.24, 2.45) is 0 Å². The molecule has 0 aliphatic rings. The highest BCUT2D eigenvalue weighted by Gasteiger charge is 2.22. The average Bonchev–Trinajstić information content (AvgIpc) is 2.71. The number of aliphatic hydroxyl groups is 1. The minimum atomic E-state index is -0.115. The van der Waals surface area contributed by atoms with Gasteiger partial charge < -0.3 is 14.4 Å². The summed E-state index contributed by atoms with van der Waals surface area (Å²) in [5, 5.41) is 11.8. The molecule has 1 aromatic heterocycles. The van der Waals surface area contributed by atoms with Gasteiger partial charge in [-0.15, -0.1) is 0 Å². The van der Waals surface area contributed by atoms with Gasteiger partial charge in [-0.05, 0) is 52.1 Å². The minimum absolute atomic E-state index is 0.0293. The summed E-state index contributed by atoms with van der Waals surface area (Å²) < 4.78 is 7.51. The van der Waals surface area contributed by atoms with Crippen molar-refractivity contribution in [3.63, 3.8) is 0 Å². The zero-order valence-corrected chi connectivity index (χ0v) is 18.1. The zero-order chi connectivity index (χ0) is 21.2. The number of aryl methyl sites for hydroxylation is 1. The fraction of sp³-hybridized carbons (Fsp3) is 0.400. The number of aliphatic hydroxyl groups excluding tert-OH is 1. The monoisotopic (exact) mass is 393 g/mol. The van der Waals surface area contributed by atoms with Gasteiger partial charge in [0.15, 0.2) is 0 Å². The number of ether oxygens (including phenoxy) is 1. The number of hydrogen-bond acceptors (Lipinski definition) is 3. The van der Waals surface area contributed by atoms with E-state index in [9.17, 15) is 9.90 Å². The number of aromatic nitrogens is 1. The SMILES string of the molecule is CCCCn1cc(-c2cc(OC)c(C(C)(C)C)cc2CO)c2ccccc2c1=O. The van der Waals surface area contributed by atoms with E-state index in [-0.39, 0.29) is 17.6 Å². The molecule has 0 atom stereocenters. The van der Waals surface area contributed by atoms with Gasteiger partial charge in [-0.1, -0.05) is 52.3 Å². The van der Waals surface area contributed by atoms with E-state index in [1.165, 1.54) is 0 Å². The summed E-state index contributed by atoms with van der Waals surface area (Å²) in [4.78, 5) is 13.0. The van der Waals surface area contributed by atoms with Crippen LogP contribution in [0.2, 0.25) is 0 Å². The lowest BCUT2D eigenvalue weighted by Crippen LogP contribution is -2.20. The fourth-order valence-electron chi connectivity index (χ4n) is 3.81. The molecule has 0 unspecified atom stereocenters. The second kappa shape index (κ2) is 8.42. The second-order valence-corrected chi connectivity index (χ2v) is 8.56. The van der Waals surface area contributed by atoms with Crippen LogP contribution in [0.3, 0.4) is 0 Å². The van der Waals surface area contributed by atoms with Crippen LogP contribution in [-0.4, -0.2) is 16.8 Å². The van der Waals surface area contributed by atoms with Gasteiger partial charge in [-0.2, -0.15) is 0 Å². The Labute approximate surface area is 172 Å². The number of nitrogens with zero attached hydrogens (tertiary/aromatic N) is 1. The van der Waals surface area contributed by atoms with Crippen molar-refractivity contribution in [3.8, 4) is 16.9 Å². The van der Waals surface area contributed by atoms with Gasteiger partial charge in [0.1, 0.15) is 5.75 Å². The van der Waals surface area contributed by atoms with E-state index in [2.05, 4.69) is 27.7 Å². The number of unbranched alkanes of at least 4 members (excludes halogenated alkanes) is 1. The molecule has 2 aromatic carbocycles. The van der Waals surface area contributed by atoms with Crippen molar-refractivity contribution in [1.29, 1.82) is 0 Å². The number of benzene rings is 2. The molecule has 4 heteroatoms. The van der Waals surface area contributed by atoms with E-state index in [0.717, 1.165) is 46.2 Å². The van der Waals surface area contributed by atoms with Gasteiger partial charge in [0.05, 0.1) is 13.7 Å². The molecular formula is C25H31NO3. The Hall–Kier alpha value is -2.59. The van der Waals surface area contributed by atoms with Gasteiger partial charge in [0.2, 0.25) is 0 Å². The molecule has 0 spiro atoms. The molecule has 0 aliphatic heterocycles. The van der Waals surface area contributed by atoms with Crippen LogP contribution in [-0.2, 0) is 18.6 Å². The number of methoxy groups -OCH3 is 1. The van der Waals surface area contributed by atoms with Crippen LogP contribution in [0.4, 0.5) is 0 Å². The van der Waals surface area contributed by atoms with Crippen LogP contribution < -0.4 is 10.3 Å². The number of hydrogen-bond donors (Lipinski definition) is 1. The van der Waals surface area contributed by atoms with E-state index in [1.54, 1.807) is 11.7 Å². The molecule has 1 heterocycles. The zero-order valence-electron chi connectivity index (χ0n) is 18.1. The third-order valence-corrected chi connectivity index (χ3v) is 5.44. The largest absolute Gasteiger partial charge is 0.496 e. The van der Waals surface area contributed by atoms with E-state index < -0.39 is 0 Å². The maximum absolute atomic E-state index is 13.0. The van der Waals surface area contributed by atoms with Crippen LogP contribution in [0, 0.1) is 0 Å². The molecular weight excluding hydrogens is 362 g/mol. The molecule has 3 aromatic rings. The molecule has 1 N–H and O–H groups in total. The molecule has 0 bridgehead atoms. The van der Waals surface area contributed by atoms with E-state index in [4.69, 9.17) is 4.74 Å². The Morgan fingerprint density at radius 1 is 1.07 bits per heavy atom. The Bertz CT molecular complexity index is 1070. The maximum atomic E-state index is 13.0. The van der Waals surface area contributed by atoms with Crippen LogP contribution in [0.25, 0.3) is 21.9 Å². The Balaban J connectivity index is 2.35. The predicted octanol–water partition coefficient (Wildman–Crippen LogP) is 5.27. The van der Waals surface area contributed by atoms with Gasteiger partial charge in [-0.3, -0.25) is 4.79 Å². The van der Waals surface area contributed by atoms with Crippen molar-refractivity contribution < 1.29 is 9.84 Å². The Morgan fingerprint density at radius 3 is 2.34 bits per heavy atom. The lowest BCUT2D eigenvalue weighted by atomic mass is 9.83. The number of rotatable bonds is 6. The molecule has 0 amide bonds. The van der Waals surface area contributed by atoms with Gasteiger partial charge >= 0.3 is 0 Å². The summed E-state index contributed by atoms with van der Waals surface area (Å²) in [6.45, 7) is 9.11. The molecule has 154 valence electrons. The summed E-state index contributed by atoms with van der Waals surface area (Å²) in [7, 11) is 1.67. The van der Waals surface area contributed by atoms with Crippen molar-refractivity contribution >= 4 is 10.8 Å². The smallest absolute Gasteiger partial charge is 0.258 e. The van der Waals surface area contributed by atoms with Crippen LogP contribution in [0.15, 0.2) is 47.4 Å². The number of fused-ring (bicyclic) bond motifs is 1. The number of pyridine rings is 1. The third-order valence-electron chi connectivity index (χ3n) is 5.44. The first kappa shape index (κ1) is 21.1. The Morgan fingerprint density at radius 2 is 1.76 bits per heavy atom. The van der Waals surface area contributed by atoms with Gasteiger partial charge in [0.25, 0.3) is 5.56 Å². The topological polar surface area (TPSA) is 51.5 Å². The lowest BCUT2D eigenvalue weighted by Gasteiger charge is -2.25. The summed E-state index contributed by atoms with van der Waals surface area (Å²) in [6.07, 6.45) is 3.90. The molecule has 0 fully saturated rings. The highest BCUT2D eigenvalue weighted by molar-refractivity contribution is 5.96. The van der Waals surface area contributed by atoms with E-state index in [0.29, 0.717) is 11.9 Å². The highest BCUT2D eigenvalue weighted by Crippen LogP contribution is 2.39. The molecule has 29 heavy (non-hydrogen) atoms. The predicted molar refractivity (Wildman–Crippen MR) is 120 cm³/mol. The standard InChI is InChI=1S/C25H31NO3/c1-6-7-12-26-15-21(18-10-8-9-11-19(18)24(26)28)20-14-23(29-5)22(25(2,3)4)13-17(20)16-27/h8-11,13-15,27H,6-7,12,16H2,1-5H3. The molecule has 0 saturated heterocycles. The lowest BCUT2D eigenvalue weighted by molar-refractivity contribution is 0.281. The van der Waals surface area contributed by atoms with Crippen molar-refractivity contribution in [1.82, 2.24) is 4.57 Å². The Kier molecular flexibility index (Phi) is 6.13. The van der Waals surface area contributed by atoms with Crippen molar-refractivity contribution in [3.05, 3.63) is 64.1 Å². The van der Waals surface area contributed by atoms with Crippen molar-refractivity contribution in [2.75, 3.05) is 7.11 Å². The molecule has 3 rings (SSSR count). The first-order valence-electron chi connectivity index (χ1n) is 10.3. The fourth-order valence-corrected chi connectivity index (χ4v) is 3.81. The normalized spacial score (nSPS) is 11.8. The summed E-state index contributed by atoms with van der Waals surface area (Å²) in [6, 6.07) is 11.7. The molecule has 0 saturated carbocycles. The van der Waals surface area contributed by atoms with Gasteiger partial charge in [-0.25, -0.2) is 0 Å². The van der Waals surface area contributed by atoms with Crippen LogP contribution in [0.1, 0.15) is 51.7 Å². The van der Waals surface area contributed by atoms with Crippen molar-refractivity contribution in [2.45, 2.75) is 59.1 Å². The minimum Gasteiger partial charge on any atom is -0.496 e. The van der Waals surface area contributed by atoms with E-state index >= 15 is 0 Å². The molecule has 0 aliphatic carbocycles. The quantitative estimate of drug-likeness (QED) is 0.621.